The van der Waals surface area contributed by atoms with Crippen molar-refractivity contribution in [3.63, 3.8) is 0 Å². The number of rotatable bonds is 4. The van der Waals surface area contributed by atoms with E-state index in [9.17, 15) is 0 Å². The van der Waals surface area contributed by atoms with Crippen molar-refractivity contribution >= 4 is 11.6 Å². The predicted molar refractivity (Wildman–Crippen MR) is 72.1 cm³/mol. The predicted octanol–water partition coefficient (Wildman–Crippen LogP) is 2.19. The Kier molecular flexibility index (Phi) is 3.72. The molecule has 2 rings (SSSR count). The van der Waals surface area contributed by atoms with Gasteiger partial charge in [0.15, 0.2) is 0 Å². The molecule has 0 amide bonds. The Labute approximate surface area is 106 Å². The average Bonchev–Trinajstić information content (AvgIpc) is 2.40. The molecule has 5 heteroatoms. The van der Waals surface area contributed by atoms with E-state index in [1.807, 2.05) is 25.3 Å². The van der Waals surface area contributed by atoms with E-state index in [-0.39, 0.29) is 6.04 Å². The molecule has 1 atom stereocenters. The molecule has 94 valence electrons. The van der Waals surface area contributed by atoms with Crippen molar-refractivity contribution in [3.8, 4) is 0 Å². The number of anilines is 2. The van der Waals surface area contributed by atoms with Gasteiger partial charge in [-0.05, 0) is 25.0 Å². The molecule has 18 heavy (non-hydrogen) atoms. The summed E-state index contributed by atoms with van der Waals surface area (Å²) in [6.45, 7) is 4.10. The van der Waals surface area contributed by atoms with Gasteiger partial charge in [0, 0.05) is 18.0 Å². The molecule has 0 bridgehead atoms. The second-order valence-corrected chi connectivity index (χ2v) is 4.09. The van der Waals surface area contributed by atoms with Crippen LogP contribution in [0.25, 0.3) is 0 Å². The highest BCUT2D eigenvalue weighted by molar-refractivity contribution is 5.55. The first kappa shape index (κ1) is 12.3. The average molecular weight is 243 g/mol. The Morgan fingerprint density at radius 2 is 2.22 bits per heavy atom. The number of nitrogens with two attached hydrogens (primary N) is 1. The number of pyridine rings is 1. The lowest BCUT2D eigenvalue weighted by Crippen LogP contribution is -2.12. The molecule has 3 N–H and O–H groups in total. The van der Waals surface area contributed by atoms with E-state index in [2.05, 4.69) is 27.2 Å². The lowest BCUT2D eigenvalue weighted by atomic mass is 10.1. The van der Waals surface area contributed by atoms with E-state index in [1.165, 1.54) is 6.33 Å². The first-order valence-electron chi connectivity index (χ1n) is 5.98. The molecule has 5 nitrogen and oxygen atoms in total. The van der Waals surface area contributed by atoms with Crippen LogP contribution in [0.15, 0.2) is 30.9 Å². The van der Waals surface area contributed by atoms with Crippen molar-refractivity contribution < 1.29 is 0 Å². The van der Waals surface area contributed by atoms with Crippen molar-refractivity contribution in [2.45, 2.75) is 26.3 Å². The van der Waals surface area contributed by atoms with Crippen LogP contribution in [0.2, 0.25) is 0 Å². The fraction of sp³-hybridized carbons (Fsp3) is 0.308. The molecular formula is C13H17N5. The highest BCUT2D eigenvalue weighted by atomic mass is 15.1. The van der Waals surface area contributed by atoms with Gasteiger partial charge in [-0.15, -0.1) is 0 Å². The molecule has 1 unspecified atom stereocenters. The Balaban J connectivity index is 2.22. The summed E-state index contributed by atoms with van der Waals surface area (Å²) in [7, 11) is 0. The van der Waals surface area contributed by atoms with Gasteiger partial charge in [-0.25, -0.2) is 9.97 Å². The summed E-state index contributed by atoms with van der Waals surface area (Å²) in [4.78, 5) is 12.4. The van der Waals surface area contributed by atoms with Gasteiger partial charge in [-0.1, -0.05) is 13.0 Å². The summed E-state index contributed by atoms with van der Waals surface area (Å²) in [6, 6.07) is 4.07. The summed E-state index contributed by atoms with van der Waals surface area (Å²) in [5, 5.41) is 3.35. The number of nitrogens with zero attached hydrogens (tertiary/aromatic N) is 3. The van der Waals surface area contributed by atoms with Crippen molar-refractivity contribution in [3.05, 3.63) is 42.0 Å². The zero-order chi connectivity index (χ0) is 13.0. The van der Waals surface area contributed by atoms with Crippen LogP contribution < -0.4 is 11.1 Å². The fourth-order valence-electron chi connectivity index (χ4n) is 1.82. The van der Waals surface area contributed by atoms with Crippen LogP contribution in [0.1, 0.15) is 31.0 Å². The topological polar surface area (TPSA) is 76.7 Å². The number of nitrogen functional groups attached to an aromatic ring is 1. The summed E-state index contributed by atoms with van der Waals surface area (Å²) < 4.78 is 0. The zero-order valence-corrected chi connectivity index (χ0v) is 10.6. The first-order valence-corrected chi connectivity index (χ1v) is 5.98. The maximum absolute atomic E-state index is 5.84. The van der Waals surface area contributed by atoms with Gasteiger partial charge in [-0.3, -0.25) is 4.98 Å². The molecule has 0 saturated carbocycles. The van der Waals surface area contributed by atoms with Gasteiger partial charge in [0.05, 0.1) is 6.04 Å². The smallest absolute Gasteiger partial charge is 0.135 e. The van der Waals surface area contributed by atoms with Gasteiger partial charge in [0.1, 0.15) is 18.0 Å². The molecule has 0 saturated heterocycles. The minimum absolute atomic E-state index is 0.123. The molecule has 0 spiro atoms. The second-order valence-electron chi connectivity index (χ2n) is 4.09. The van der Waals surface area contributed by atoms with Crippen LogP contribution in [-0.2, 0) is 6.42 Å². The molecule has 2 aromatic rings. The minimum atomic E-state index is 0.123. The summed E-state index contributed by atoms with van der Waals surface area (Å²) in [5.41, 5.74) is 7.90. The number of hydrogen-bond acceptors (Lipinski definition) is 5. The quantitative estimate of drug-likeness (QED) is 0.860. The van der Waals surface area contributed by atoms with Crippen LogP contribution in [0.4, 0.5) is 11.6 Å². The van der Waals surface area contributed by atoms with Crippen molar-refractivity contribution in [2.75, 3.05) is 11.1 Å². The number of nitrogens with one attached hydrogen (secondary N) is 1. The van der Waals surface area contributed by atoms with Crippen molar-refractivity contribution in [1.82, 2.24) is 15.0 Å². The summed E-state index contributed by atoms with van der Waals surface area (Å²) in [5.74, 6) is 1.33. The van der Waals surface area contributed by atoms with Crippen LogP contribution in [0.5, 0.6) is 0 Å². The monoisotopic (exact) mass is 243 g/mol. The molecule has 0 radical (unpaired) electrons. The Bertz CT molecular complexity index is 512. The molecule has 0 aliphatic rings. The van der Waals surface area contributed by atoms with Gasteiger partial charge >= 0.3 is 0 Å². The lowest BCUT2D eigenvalue weighted by molar-refractivity contribution is 0.856. The van der Waals surface area contributed by atoms with Gasteiger partial charge in [0.2, 0.25) is 0 Å². The van der Waals surface area contributed by atoms with E-state index in [4.69, 9.17) is 5.73 Å². The van der Waals surface area contributed by atoms with Crippen LogP contribution >= 0.6 is 0 Å². The maximum Gasteiger partial charge on any atom is 0.135 e. The van der Waals surface area contributed by atoms with Gasteiger partial charge in [-0.2, -0.15) is 0 Å². The normalized spacial score (nSPS) is 12.1. The highest BCUT2D eigenvalue weighted by Crippen LogP contribution is 2.22. The Hall–Kier alpha value is -2.17. The zero-order valence-electron chi connectivity index (χ0n) is 10.6. The minimum Gasteiger partial charge on any atom is -0.383 e. The standard InChI is InChI=1S/C13H17N5/c1-3-11-12(14)16-8-17-13(11)18-9(2)10-5-4-6-15-7-10/h4-9H,3H2,1-2H3,(H3,14,16,17,18). The largest absolute Gasteiger partial charge is 0.383 e. The van der Waals surface area contributed by atoms with E-state index >= 15 is 0 Å². The third kappa shape index (κ3) is 2.56. The number of hydrogen-bond donors (Lipinski definition) is 2. The van der Waals surface area contributed by atoms with Gasteiger partial charge in [0.25, 0.3) is 0 Å². The van der Waals surface area contributed by atoms with E-state index in [0.717, 1.165) is 23.4 Å². The molecule has 2 aromatic heterocycles. The first-order chi connectivity index (χ1) is 8.72. The maximum atomic E-state index is 5.84. The third-order valence-corrected chi connectivity index (χ3v) is 2.87. The van der Waals surface area contributed by atoms with Crippen LogP contribution in [0.3, 0.4) is 0 Å². The SMILES string of the molecule is CCc1c(N)ncnc1NC(C)c1cccnc1. The molecule has 2 heterocycles. The Morgan fingerprint density at radius 1 is 1.39 bits per heavy atom. The third-order valence-electron chi connectivity index (χ3n) is 2.87. The van der Waals surface area contributed by atoms with Crippen LogP contribution in [-0.4, -0.2) is 15.0 Å². The van der Waals surface area contributed by atoms with Crippen LogP contribution in [0, 0.1) is 0 Å². The Morgan fingerprint density at radius 3 is 2.89 bits per heavy atom. The fourth-order valence-corrected chi connectivity index (χ4v) is 1.82. The summed E-state index contributed by atoms with van der Waals surface area (Å²) >= 11 is 0. The van der Waals surface area contributed by atoms with E-state index in [1.54, 1.807) is 6.20 Å². The van der Waals surface area contributed by atoms with Crippen molar-refractivity contribution in [1.29, 1.82) is 0 Å². The second kappa shape index (κ2) is 5.44. The molecule has 0 fully saturated rings. The highest BCUT2D eigenvalue weighted by Gasteiger charge is 2.11. The molecule has 0 aliphatic heterocycles. The molecule has 0 aliphatic carbocycles. The lowest BCUT2D eigenvalue weighted by Gasteiger charge is -2.17. The number of aromatic nitrogens is 3. The summed E-state index contributed by atoms with van der Waals surface area (Å²) in [6.07, 6.45) is 5.88. The van der Waals surface area contributed by atoms with E-state index in [0.29, 0.717) is 5.82 Å². The molecular weight excluding hydrogens is 226 g/mol. The van der Waals surface area contributed by atoms with E-state index < -0.39 is 0 Å². The van der Waals surface area contributed by atoms with Crippen molar-refractivity contribution in [2.24, 2.45) is 0 Å². The molecule has 0 aromatic carbocycles. The van der Waals surface area contributed by atoms with Gasteiger partial charge < -0.3 is 11.1 Å².